The number of aryl methyl sites for hydroxylation is 1. The van der Waals surface area contributed by atoms with Crippen molar-refractivity contribution in [2.24, 2.45) is 10.8 Å². The highest BCUT2D eigenvalue weighted by Crippen LogP contribution is 2.15. The van der Waals surface area contributed by atoms with Crippen molar-refractivity contribution < 1.29 is 0 Å². The van der Waals surface area contributed by atoms with E-state index >= 15 is 0 Å². The van der Waals surface area contributed by atoms with Gasteiger partial charge in [-0.05, 0) is 37.8 Å². The van der Waals surface area contributed by atoms with Crippen LogP contribution in [0.3, 0.4) is 0 Å². The fraction of sp³-hybridized carbons (Fsp3) is 0.444. The number of aliphatic imine (C=N–C) groups is 1. The van der Waals surface area contributed by atoms with Crippen LogP contribution < -0.4 is 11.3 Å². The topological polar surface area (TPSA) is 50.4 Å². The molecule has 4 heteroatoms. The monoisotopic (exact) mass is 197 g/mol. The first-order valence-electron chi connectivity index (χ1n) is 4.24. The second-order valence-electron chi connectivity index (χ2n) is 3.15. The van der Waals surface area contributed by atoms with Crippen LogP contribution in [-0.4, -0.2) is 11.9 Å². The van der Waals surface area contributed by atoms with Gasteiger partial charge in [0.15, 0.2) is 5.84 Å². The lowest BCUT2D eigenvalue weighted by Gasteiger charge is -2.06. The minimum absolute atomic E-state index is 0.257. The van der Waals surface area contributed by atoms with E-state index in [1.807, 2.05) is 19.2 Å². The van der Waals surface area contributed by atoms with Crippen LogP contribution in [0.1, 0.15) is 24.3 Å². The Hall–Kier alpha value is -0.870. The Morgan fingerprint density at radius 3 is 2.69 bits per heavy atom. The average molecular weight is 197 g/mol. The van der Waals surface area contributed by atoms with Crippen molar-refractivity contribution in [3.63, 3.8) is 0 Å². The van der Waals surface area contributed by atoms with E-state index in [4.69, 9.17) is 5.84 Å². The van der Waals surface area contributed by atoms with Gasteiger partial charge in [-0.15, -0.1) is 11.3 Å². The van der Waals surface area contributed by atoms with E-state index in [1.54, 1.807) is 11.3 Å². The molecular weight excluding hydrogens is 182 g/mol. The molecule has 13 heavy (non-hydrogen) atoms. The third-order valence-corrected chi connectivity index (χ3v) is 2.62. The van der Waals surface area contributed by atoms with Gasteiger partial charge in [-0.3, -0.25) is 4.99 Å². The molecule has 0 fully saturated rings. The Bertz CT molecular complexity index is 302. The third-order valence-electron chi connectivity index (χ3n) is 1.60. The number of hydrogen-bond acceptors (Lipinski definition) is 3. The van der Waals surface area contributed by atoms with Gasteiger partial charge in [0.1, 0.15) is 0 Å². The molecule has 0 aliphatic rings. The molecule has 1 aromatic rings. The van der Waals surface area contributed by atoms with Gasteiger partial charge < -0.3 is 5.43 Å². The lowest BCUT2D eigenvalue weighted by Crippen LogP contribution is -2.31. The molecule has 1 heterocycles. The standard InChI is InChI=1S/C9H15N3S/c1-6(2)11-9(12-10)8-7(3)4-5-13-8/h4-6H,10H2,1-3H3,(H,11,12). The summed E-state index contributed by atoms with van der Waals surface area (Å²) < 4.78 is 0. The van der Waals surface area contributed by atoms with Crippen LogP contribution in [0.4, 0.5) is 0 Å². The van der Waals surface area contributed by atoms with E-state index in [2.05, 4.69) is 23.4 Å². The fourth-order valence-electron chi connectivity index (χ4n) is 1.03. The number of nitrogens with zero attached hydrogens (tertiary/aromatic N) is 1. The molecule has 0 radical (unpaired) electrons. The summed E-state index contributed by atoms with van der Waals surface area (Å²) in [6.07, 6.45) is 0. The molecule has 0 unspecified atom stereocenters. The number of thiophene rings is 1. The molecule has 1 rings (SSSR count). The maximum Gasteiger partial charge on any atom is 0.153 e. The minimum Gasteiger partial charge on any atom is -0.308 e. The summed E-state index contributed by atoms with van der Waals surface area (Å²) in [6.45, 7) is 6.11. The molecule has 72 valence electrons. The summed E-state index contributed by atoms with van der Waals surface area (Å²) >= 11 is 1.65. The lowest BCUT2D eigenvalue weighted by atomic mass is 10.3. The van der Waals surface area contributed by atoms with Gasteiger partial charge in [0.05, 0.1) is 4.88 Å². The highest BCUT2D eigenvalue weighted by molar-refractivity contribution is 7.12. The molecule has 0 spiro atoms. The Labute approximate surface area is 82.7 Å². The molecule has 1 aromatic heterocycles. The van der Waals surface area contributed by atoms with Crippen molar-refractivity contribution in [1.29, 1.82) is 0 Å². The van der Waals surface area contributed by atoms with Crippen LogP contribution in [0.2, 0.25) is 0 Å². The van der Waals surface area contributed by atoms with E-state index < -0.39 is 0 Å². The summed E-state index contributed by atoms with van der Waals surface area (Å²) in [5, 5.41) is 2.04. The van der Waals surface area contributed by atoms with E-state index in [0.29, 0.717) is 0 Å². The molecule has 0 aliphatic carbocycles. The second kappa shape index (κ2) is 4.39. The van der Waals surface area contributed by atoms with Crippen LogP contribution in [0.5, 0.6) is 0 Å². The molecule has 0 amide bonds. The molecule has 0 bridgehead atoms. The van der Waals surface area contributed by atoms with Crippen molar-refractivity contribution in [2.45, 2.75) is 26.8 Å². The smallest absolute Gasteiger partial charge is 0.153 e. The highest BCUT2D eigenvalue weighted by Gasteiger charge is 2.06. The van der Waals surface area contributed by atoms with E-state index in [0.717, 1.165) is 10.7 Å². The first kappa shape index (κ1) is 10.2. The summed E-state index contributed by atoms with van der Waals surface area (Å²) in [7, 11) is 0. The summed E-state index contributed by atoms with van der Waals surface area (Å²) in [6, 6.07) is 2.32. The number of amidine groups is 1. The Kier molecular flexibility index (Phi) is 3.45. The Morgan fingerprint density at radius 2 is 2.31 bits per heavy atom. The largest absolute Gasteiger partial charge is 0.308 e. The zero-order valence-electron chi connectivity index (χ0n) is 8.16. The second-order valence-corrected chi connectivity index (χ2v) is 4.06. The number of nitrogens with two attached hydrogens (primary N) is 1. The van der Waals surface area contributed by atoms with Gasteiger partial charge in [-0.1, -0.05) is 0 Å². The molecule has 0 aromatic carbocycles. The lowest BCUT2D eigenvalue weighted by molar-refractivity contribution is 0.821. The predicted octanol–water partition coefficient (Wildman–Crippen LogP) is 1.67. The molecular formula is C9H15N3S. The Morgan fingerprint density at radius 1 is 1.62 bits per heavy atom. The SMILES string of the molecule is Cc1ccsc1C(=NC(C)C)NN. The number of rotatable bonds is 2. The van der Waals surface area contributed by atoms with Gasteiger partial charge >= 0.3 is 0 Å². The van der Waals surface area contributed by atoms with Gasteiger partial charge in [-0.25, -0.2) is 5.84 Å². The molecule has 0 atom stereocenters. The number of nitrogens with one attached hydrogen (secondary N) is 1. The molecule has 0 saturated heterocycles. The van der Waals surface area contributed by atoms with Crippen molar-refractivity contribution in [3.8, 4) is 0 Å². The molecule has 0 aliphatic heterocycles. The first-order valence-corrected chi connectivity index (χ1v) is 5.12. The van der Waals surface area contributed by atoms with Crippen LogP contribution >= 0.6 is 11.3 Å². The van der Waals surface area contributed by atoms with Gasteiger partial charge in [0, 0.05) is 6.04 Å². The fourth-order valence-corrected chi connectivity index (χ4v) is 1.92. The van der Waals surface area contributed by atoms with Gasteiger partial charge in [-0.2, -0.15) is 0 Å². The normalized spacial score (nSPS) is 12.2. The van der Waals surface area contributed by atoms with Crippen molar-refractivity contribution in [2.75, 3.05) is 0 Å². The highest BCUT2D eigenvalue weighted by atomic mass is 32.1. The number of hydrazine groups is 1. The molecule has 0 saturated carbocycles. The van der Waals surface area contributed by atoms with Gasteiger partial charge in [0.2, 0.25) is 0 Å². The Balaban J connectivity index is 2.97. The summed E-state index contributed by atoms with van der Waals surface area (Å²) in [5.41, 5.74) is 3.85. The molecule has 3 N–H and O–H groups in total. The first-order chi connectivity index (χ1) is 6.15. The van der Waals surface area contributed by atoms with E-state index in [1.165, 1.54) is 5.56 Å². The summed E-state index contributed by atoms with van der Waals surface area (Å²) in [4.78, 5) is 5.51. The van der Waals surface area contributed by atoms with Crippen LogP contribution in [-0.2, 0) is 0 Å². The maximum absolute atomic E-state index is 5.41. The predicted molar refractivity (Wildman–Crippen MR) is 58.1 cm³/mol. The van der Waals surface area contributed by atoms with Crippen LogP contribution in [0.15, 0.2) is 16.4 Å². The van der Waals surface area contributed by atoms with E-state index in [-0.39, 0.29) is 6.04 Å². The number of hydrogen-bond donors (Lipinski definition) is 2. The zero-order chi connectivity index (χ0) is 9.84. The summed E-state index contributed by atoms with van der Waals surface area (Å²) in [5.74, 6) is 6.19. The van der Waals surface area contributed by atoms with Gasteiger partial charge in [0.25, 0.3) is 0 Å². The zero-order valence-corrected chi connectivity index (χ0v) is 8.98. The maximum atomic E-state index is 5.41. The minimum atomic E-state index is 0.257. The molecule has 3 nitrogen and oxygen atoms in total. The van der Waals surface area contributed by atoms with Crippen molar-refractivity contribution >= 4 is 17.2 Å². The third kappa shape index (κ3) is 2.54. The van der Waals surface area contributed by atoms with E-state index in [9.17, 15) is 0 Å². The van der Waals surface area contributed by atoms with Crippen LogP contribution in [0.25, 0.3) is 0 Å². The van der Waals surface area contributed by atoms with Crippen molar-refractivity contribution in [3.05, 3.63) is 21.9 Å². The van der Waals surface area contributed by atoms with Crippen molar-refractivity contribution in [1.82, 2.24) is 5.43 Å². The quantitative estimate of drug-likeness (QED) is 0.328. The average Bonchev–Trinajstić information content (AvgIpc) is 2.47. The van der Waals surface area contributed by atoms with Crippen LogP contribution in [0, 0.1) is 6.92 Å².